The van der Waals surface area contributed by atoms with E-state index in [1.165, 1.54) is 22.7 Å². The number of methoxy groups -OCH3 is 1. The summed E-state index contributed by atoms with van der Waals surface area (Å²) in [5.74, 6) is 0.675. The van der Waals surface area contributed by atoms with E-state index in [9.17, 15) is 4.79 Å². The first-order valence-electron chi connectivity index (χ1n) is 6.78. The molecule has 0 saturated carbocycles. The summed E-state index contributed by atoms with van der Waals surface area (Å²) in [6.45, 7) is 0. The first-order valence-corrected chi connectivity index (χ1v) is 8.85. The van der Waals surface area contributed by atoms with Crippen LogP contribution in [0.25, 0.3) is 10.6 Å². The van der Waals surface area contributed by atoms with E-state index in [-0.39, 0.29) is 5.91 Å². The van der Waals surface area contributed by atoms with Crippen LogP contribution < -0.4 is 10.1 Å². The minimum absolute atomic E-state index is 0.0970. The molecular formula is C16H13ClN2O2S2. The van der Waals surface area contributed by atoms with Gasteiger partial charge in [-0.25, -0.2) is 4.98 Å². The molecule has 1 aromatic carbocycles. The molecule has 0 atom stereocenters. The number of thiophene rings is 1. The minimum Gasteiger partial charge on any atom is -0.497 e. The lowest BCUT2D eigenvalue weighted by molar-refractivity contribution is -0.115. The van der Waals surface area contributed by atoms with Gasteiger partial charge < -0.3 is 10.1 Å². The summed E-state index contributed by atoms with van der Waals surface area (Å²) in [7, 11) is 1.61. The van der Waals surface area contributed by atoms with Gasteiger partial charge in [0.15, 0.2) is 5.13 Å². The van der Waals surface area contributed by atoms with Crippen LogP contribution in [-0.4, -0.2) is 18.0 Å². The number of aromatic nitrogens is 1. The van der Waals surface area contributed by atoms with Crippen molar-refractivity contribution in [2.24, 2.45) is 0 Å². The minimum atomic E-state index is -0.0970. The van der Waals surface area contributed by atoms with Crippen molar-refractivity contribution in [1.82, 2.24) is 4.98 Å². The lowest BCUT2D eigenvalue weighted by Gasteiger charge is -2.03. The van der Waals surface area contributed by atoms with Crippen LogP contribution in [0.3, 0.4) is 0 Å². The maximum atomic E-state index is 12.1. The molecule has 0 unspecified atom stereocenters. The molecule has 2 aromatic heterocycles. The topological polar surface area (TPSA) is 51.2 Å². The smallest absolute Gasteiger partial charge is 0.230 e. The third-order valence-electron chi connectivity index (χ3n) is 3.10. The highest BCUT2D eigenvalue weighted by Crippen LogP contribution is 2.32. The van der Waals surface area contributed by atoms with Crippen molar-refractivity contribution < 1.29 is 9.53 Å². The van der Waals surface area contributed by atoms with Crippen molar-refractivity contribution in [3.8, 4) is 16.3 Å². The monoisotopic (exact) mass is 364 g/mol. The molecule has 0 bridgehead atoms. The van der Waals surface area contributed by atoms with Crippen LogP contribution in [0.2, 0.25) is 4.34 Å². The number of nitrogens with one attached hydrogen (secondary N) is 1. The van der Waals surface area contributed by atoms with Crippen LogP contribution in [0.5, 0.6) is 5.75 Å². The fraction of sp³-hybridized carbons (Fsp3) is 0.125. The number of anilines is 1. The van der Waals surface area contributed by atoms with E-state index in [2.05, 4.69) is 10.3 Å². The first kappa shape index (κ1) is 16.0. The summed E-state index contributed by atoms with van der Waals surface area (Å²) in [5, 5.41) is 5.32. The Labute approximate surface area is 146 Å². The van der Waals surface area contributed by atoms with Gasteiger partial charge in [0.25, 0.3) is 0 Å². The Kier molecular flexibility index (Phi) is 4.95. The Morgan fingerprint density at radius 1 is 1.26 bits per heavy atom. The number of ether oxygens (including phenoxy) is 1. The zero-order chi connectivity index (χ0) is 16.2. The van der Waals surface area contributed by atoms with Gasteiger partial charge in [0.2, 0.25) is 5.91 Å². The third-order valence-corrected chi connectivity index (χ3v) is 5.11. The van der Waals surface area contributed by atoms with Crippen LogP contribution in [0.15, 0.2) is 41.8 Å². The molecule has 4 nitrogen and oxygen atoms in total. The molecule has 0 spiro atoms. The van der Waals surface area contributed by atoms with Crippen molar-refractivity contribution in [3.05, 3.63) is 51.7 Å². The number of amides is 1. The molecule has 0 saturated heterocycles. The molecule has 2 heterocycles. The van der Waals surface area contributed by atoms with Crippen molar-refractivity contribution in [2.75, 3.05) is 12.4 Å². The number of hydrogen-bond acceptors (Lipinski definition) is 5. The molecule has 0 aliphatic rings. The number of rotatable bonds is 5. The maximum absolute atomic E-state index is 12.1. The molecule has 0 radical (unpaired) electrons. The van der Waals surface area contributed by atoms with Gasteiger partial charge in [0.05, 0.1) is 28.4 Å². The predicted molar refractivity (Wildman–Crippen MR) is 95.8 cm³/mol. The summed E-state index contributed by atoms with van der Waals surface area (Å²) in [4.78, 5) is 17.5. The number of nitrogens with zero attached hydrogens (tertiary/aromatic N) is 1. The third kappa shape index (κ3) is 4.10. The van der Waals surface area contributed by atoms with Crippen molar-refractivity contribution in [3.63, 3.8) is 0 Å². The van der Waals surface area contributed by atoms with Gasteiger partial charge in [0.1, 0.15) is 5.75 Å². The highest BCUT2D eigenvalue weighted by molar-refractivity contribution is 7.20. The Morgan fingerprint density at radius 3 is 2.70 bits per heavy atom. The molecule has 1 amide bonds. The van der Waals surface area contributed by atoms with Crippen molar-refractivity contribution in [2.45, 2.75) is 6.42 Å². The molecule has 7 heteroatoms. The first-order chi connectivity index (χ1) is 11.1. The largest absolute Gasteiger partial charge is 0.497 e. The van der Waals surface area contributed by atoms with Crippen LogP contribution in [0.4, 0.5) is 5.13 Å². The maximum Gasteiger partial charge on any atom is 0.230 e. The average molecular weight is 365 g/mol. The van der Waals surface area contributed by atoms with Crippen molar-refractivity contribution >= 4 is 45.3 Å². The van der Waals surface area contributed by atoms with Gasteiger partial charge in [-0.15, -0.1) is 22.7 Å². The number of halogens is 1. The summed E-state index contributed by atoms with van der Waals surface area (Å²) < 4.78 is 5.82. The second kappa shape index (κ2) is 7.12. The zero-order valence-corrected chi connectivity index (χ0v) is 14.6. The van der Waals surface area contributed by atoms with Gasteiger partial charge in [-0.2, -0.15) is 0 Å². The standard InChI is InChI=1S/C16H13ClN2O2S2/c1-21-11-4-2-10(3-5-11)8-15(20)19-16-18-12(9-22-16)13-6-7-14(17)23-13/h2-7,9H,8H2,1H3,(H,18,19,20). The SMILES string of the molecule is COc1ccc(CC(=O)Nc2nc(-c3ccc(Cl)s3)cs2)cc1. The van der Waals surface area contributed by atoms with Crippen LogP contribution >= 0.6 is 34.3 Å². The molecular weight excluding hydrogens is 352 g/mol. The van der Waals surface area contributed by atoms with Gasteiger partial charge in [0, 0.05) is 5.38 Å². The second-order valence-electron chi connectivity index (χ2n) is 4.71. The quantitative estimate of drug-likeness (QED) is 0.713. The van der Waals surface area contributed by atoms with E-state index in [4.69, 9.17) is 16.3 Å². The van der Waals surface area contributed by atoms with E-state index < -0.39 is 0 Å². The average Bonchev–Trinajstić information content (AvgIpc) is 3.17. The molecule has 1 N–H and O–H groups in total. The number of carbonyl (C=O) groups is 1. The Hall–Kier alpha value is -1.89. The van der Waals surface area contributed by atoms with E-state index in [1.54, 1.807) is 7.11 Å². The summed E-state index contributed by atoms with van der Waals surface area (Å²) >= 11 is 8.79. The normalized spacial score (nSPS) is 10.5. The molecule has 0 aliphatic carbocycles. The van der Waals surface area contributed by atoms with Gasteiger partial charge in [-0.1, -0.05) is 23.7 Å². The fourth-order valence-electron chi connectivity index (χ4n) is 1.99. The molecule has 3 rings (SSSR count). The predicted octanol–water partition coefficient (Wildman–Crippen LogP) is 4.71. The Bertz CT molecular complexity index is 812. The molecule has 23 heavy (non-hydrogen) atoms. The Balaban J connectivity index is 1.62. The van der Waals surface area contributed by atoms with E-state index in [0.717, 1.165) is 26.2 Å². The number of thiazole rings is 1. The van der Waals surface area contributed by atoms with Crippen molar-refractivity contribution in [1.29, 1.82) is 0 Å². The molecule has 0 aliphatic heterocycles. The zero-order valence-electron chi connectivity index (χ0n) is 12.2. The summed E-state index contributed by atoms with van der Waals surface area (Å²) in [6.07, 6.45) is 0.295. The van der Waals surface area contributed by atoms with E-state index >= 15 is 0 Å². The lowest BCUT2D eigenvalue weighted by Crippen LogP contribution is -2.14. The van der Waals surface area contributed by atoms with Crippen LogP contribution in [-0.2, 0) is 11.2 Å². The van der Waals surface area contributed by atoms with Crippen LogP contribution in [0.1, 0.15) is 5.56 Å². The Morgan fingerprint density at radius 2 is 2.04 bits per heavy atom. The number of hydrogen-bond donors (Lipinski definition) is 1. The highest BCUT2D eigenvalue weighted by Gasteiger charge is 2.10. The molecule has 118 valence electrons. The summed E-state index contributed by atoms with van der Waals surface area (Å²) in [5.41, 5.74) is 1.75. The fourth-order valence-corrected chi connectivity index (χ4v) is 3.79. The lowest BCUT2D eigenvalue weighted by atomic mass is 10.1. The van der Waals surface area contributed by atoms with E-state index in [1.807, 2.05) is 41.8 Å². The van der Waals surface area contributed by atoms with Gasteiger partial charge >= 0.3 is 0 Å². The number of benzene rings is 1. The molecule has 0 fully saturated rings. The van der Waals surface area contributed by atoms with Crippen LogP contribution in [0, 0.1) is 0 Å². The highest BCUT2D eigenvalue weighted by atomic mass is 35.5. The second-order valence-corrected chi connectivity index (χ2v) is 7.29. The van der Waals surface area contributed by atoms with Gasteiger partial charge in [-0.3, -0.25) is 4.79 Å². The van der Waals surface area contributed by atoms with Gasteiger partial charge in [-0.05, 0) is 29.8 Å². The number of carbonyl (C=O) groups excluding carboxylic acids is 1. The molecule has 3 aromatic rings. The summed E-state index contributed by atoms with van der Waals surface area (Å²) in [6, 6.07) is 11.2. The van der Waals surface area contributed by atoms with E-state index in [0.29, 0.717) is 11.6 Å².